The molecule has 1 aromatic heterocycles. The molecule has 6 nitrogen and oxygen atoms in total. The number of esters is 1. The fraction of sp³-hybridized carbons (Fsp3) is 0.286. The van der Waals surface area contributed by atoms with Crippen molar-refractivity contribution in [2.45, 2.75) is 26.8 Å². The Bertz CT molecular complexity index is 990. The van der Waals surface area contributed by atoms with Crippen LogP contribution < -0.4 is 10.3 Å². The normalized spacial score (nSPS) is 10.7. The van der Waals surface area contributed by atoms with Crippen molar-refractivity contribution in [3.63, 3.8) is 0 Å². The fourth-order valence-corrected chi connectivity index (χ4v) is 2.89. The van der Waals surface area contributed by atoms with Crippen molar-refractivity contribution in [1.82, 2.24) is 9.55 Å². The van der Waals surface area contributed by atoms with Gasteiger partial charge in [-0.25, -0.2) is 9.78 Å². The second-order valence-electron chi connectivity index (χ2n) is 6.45. The second kappa shape index (κ2) is 8.49. The molecule has 0 unspecified atom stereocenters. The summed E-state index contributed by atoms with van der Waals surface area (Å²) in [6.07, 6.45) is 2.05. The van der Waals surface area contributed by atoms with E-state index in [1.807, 2.05) is 44.2 Å². The van der Waals surface area contributed by atoms with Crippen LogP contribution in [0.5, 0.6) is 5.75 Å². The van der Waals surface area contributed by atoms with Gasteiger partial charge in [-0.2, -0.15) is 0 Å². The number of ether oxygens (including phenoxy) is 2. The fourth-order valence-electron chi connectivity index (χ4n) is 2.89. The average Bonchev–Trinajstić information content (AvgIpc) is 2.64. The quantitative estimate of drug-likeness (QED) is 0.475. The molecule has 0 aliphatic carbocycles. The molecule has 1 heterocycles. The van der Waals surface area contributed by atoms with Gasteiger partial charge in [0, 0.05) is 6.54 Å². The Labute approximate surface area is 157 Å². The Morgan fingerprint density at radius 2 is 1.85 bits per heavy atom. The molecule has 27 heavy (non-hydrogen) atoms. The number of aromatic nitrogens is 2. The van der Waals surface area contributed by atoms with Gasteiger partial charge in [0.25, 0.3) is 5.56 Å². The molecule has 0 atom stereocenters. The number of aryl methyl sites for hydroxylation is 3. The Morgan fingerprint density at radius 3 is 2.63 bits per heavy atom. The van der Waals surface area contributed by atoms with E-state index in [2.05, 4.69) is 4.98 Å². The third-order valence-electron chi connectivity index (χ3n) is 4.09. The van der Waals surface area contributed by atoms with Crippen LogP contribution in [0.1, 0.15) is 17.5 Å². The minimum absolute atomic E-state index is 0.0925. The third kappa shape index (κ3) is 4.94. The first-order valence-corrected chi connectivity index (χ1v) is 8.84. The summed E-state index contributed by atoms with van der Waals surface area (Å²) in [6, 6.07) is 13.0. The van der Waals surface area contributed by atoms with Crippen molar-refractivity contribution in [2.24, 2.45) is 0 Å². The van der Waals surface area contributed by atoms with Crippen LogP contribution in [-0.2, 0) is 16.1 Å². The molecular weight excluding hydrogens is 344 g/mol. The number of rotatable bonds is 7. The second-order valence-corrected chi connectivity index (χ2v) is 6.45. The maximum Gasteiger partial charge on any atom is 0.344 e. The summed E-state index contributed by atoms with van der Waals surface area (Å²) in [4.78, 5) is 28.4. The summed E-state index contributed by atoms with van der Waals surface area (Å²) in [6.45, 7) is 4.46. The van der Waals surface area contributed by atoms with Crippen LogP contribution >= 0.6 is 0 Å². The Kier molecular flexibility index (Phi) is 5.86. The molecule has 140 valence electrons. The lowest BCUT2D eigenvalue weighted by atomic mass is 10.1. The highest BCUT2D eigenvalue weighted by Crippen LogP contribution is 2.16. The van der Waals surface area contributed by atoms with Gasteiger partial charge in [0.05, 0.1) is 23.8 Å². The van der Waals surface area contributed by atoms with Crippen LogP contribution in [0.4, 0.5) is 0 Å². The summed E-state index contributed by atoms with van der Waals surface area (Å²) >= 11 is 0. The van der Waals surface area contributed by atoms with Gasteiger partial charge in [0.1, 0.15) is 5.75 Å². The molecule has 0 N–H and O–H groups in total. The zero-order chi connectivity index (χ0) is 19.2. The van der Waals surface area contributed by atoms with E-state index in [4.69, 9.17) is 9.47 Å². The zero-order valence-electron chi connectivity index (χ0n) is 15.5. The highest BCUT2D eigenvalue weighted by atomic mass is 16.6. The largest absolute Gasteiger partial charge is 0.482 e. The first kappa shape index (κ1) is 18.6. The SMILES string of the molecule is Cc1cc(C)cc(OCC(=O)OCCCn2cnc3ccccc3c2=O)c1. The van der Waals surface area contributed by atoms with E-state index in [-0.39, 0.29) is 18.8 Å². The molecule has 0 fully saturated rings. The van der Waals surface area contributed by atoms with Gasteiger partial charge < -0.3 is 9.47 Å². The summed E-state index contributed by atoms with van der Waals surface area (Å²) in [5.41, 5.74) is 2.74. The topological polar surface area (TPSA) is 70.4 Å². The van der Waals surface area contributed by atoms with Gasteiger partial charge in [-0.15, -0.1) is 0 Å². The molecule has 2 aromatic carbocycles. The molecule has 0 amide bonds. The number of hydrogen-bond acceptors (Lipinski definition) is 5. The van der Waals surface area contributed by atoms with E-state index in [0.717, 1.165) is 11.1 Å². The van der Waals surface area contributed by atoms with Crippen LogP contribution in [0.2, 0.25) is 0 Å². The maximum atomic E-state index is 12.4. The zero-order valence-corrected chi connectivity index (χ0v) is 15.5. The number of hydrogen-bond donors (Lipinski definition) is 0. The van der Waals surface area contributed by atoms with Crippen LogP contribution in [-0.4, -0.2) is 28.7 Å². The van der Waals surface area contributed by atoms with E-state index < -0.39 is 5.97 Å². The van der Waals surface area contributed by atoms with Crippen molar-refractivity contribution in [3.05, 3.63) is 70.3 Å². The lowest BCUT2D eigenvalue weighted by Crippen LogP contribution is -2.22. The molecule has 0 bridgehead atoms. The number of fused-ring (bicyclic) bond motifs is 1. The highest BCUT2D eigenvalue weighted by Gasteiger charge is 2.07. The third-order valence-corrected chi connectivity index (χ3v) is 4.09. The molecule has 3 aromatic rings. The number of nitrogens with zero attached hydrogens (tertiary/aromatic N) is 2. The van der Waals surface area contributed by atoms with Crippen LogP contribution in [0, 0.1) is 13.8 Å². The van der Waals surface area contributed by atoms with E-state index in [0.29, 0.717) is 29.6 Å². The number of carbonyl (C=O) groups is 1. The lowest BCUT2D eigenvalue weighted by molar-refractivity contribution is -0.146. The predicted octanol–water partition coefficient (Wildman–Crippen LogP) is 3.03. The summed E-state index contributed by atoms with van der Waals surface area (Å²) in [5.74, 6) is 0.219. The van der Waals surface area contributed by atoms with Crippen LogP contribution in [0.3, 0.4) is 0 Å². The van der Waals surface area contributed by atoms with Crippen LogP contribution in [0.15, 0.2) is 53.6 Å². The summed E-state index contributed by atoms with van der Waals surface area (Å²) < 4.78 is 12.2. The summed E-state index contributed by atoms with van der Waals surface area (Å²) in [7, 11) is 0. The number of benzene rings is 2. The molecule has 3 rings (SSSR count). The molecule has 0 radical (unpaired) electrons. The van der Waals surface area contributed by atoms with Crippen molar-refractivity contribution in [3.8, 4) is 5.75 Å². The highest BCUT2D eigenvalue weighted by molar-refractivity contribution is 5.76. The van der Waals surface area contributed by atoms with Gasteiger partial charge in [0.2, 0.25) is 0 Å². The molecule has 0 saturated carbocycles. The lowest BCUT2D eigenvalue weighted by Gasteiger charge is -2.09. The van der Waals surface area contributed by atoms with Crippen LogP contribution in [0.25, 0.3) is 10.9 Å². The Morgan fingerprint density at radius 1 is 1.11 bits per heavy atom. The Hall–Kier alpha value is -3.15. The van der Waals surface area contributed by atoms with Crippen molar-refractivity contribution < 1.29 is 14.3 Å². The summed E-state index contributed by atoms with van der Waals surface area (Å²) in [5, 5.41) is 0.582. The van der Waals surface area contributed by atoms with Gasteiger partial charge in [0.15, 0.2) is 6.61 Å². The van der Waals surface area contributed by atoms with Crippen molar-refractivity contribution >= 4 is 16.9 Å². The average molecular weight is 366 g/mol. The first-order valence-electron chi connectivity index (χ1n) is 8.84. The van der Waals surface area contributed by atoms with Gasteiger partial charge in [-0.05, 0) is 55.7 Å². The number of carbonyl (C=O) groups excluding carboxylic acids is 1. The standard InChI is InChI=1S/C21H22N2O4/c1-15-10-16(2)12-17(11-15)27-13-20(24)26-9-5-8-23-14-22-19-7-4-3-6-18(19)21(23)25/h3-4,6-7,10-12,14H,5,8-9,13H2,1-2H3. The van der Waals surface area contributed by atoms with Gasteiger partial charge in [-0.1, -0.05) is 18.2 Å². The minimum Gasteiger partial charge on any atom is -0.482 e. The molecule has 0 spiro atoms. The smallest absolute Gasteiger partial charge is 0.344 e. The van der Waals surface area contributed by atoms with Gasteiger partial charge in [-0.3, -0.25) is 9.36 Å². The molecule has 0 aliphatic heterocycles. The van der Waals surface area contributed by atoms with E-state index in [1.165, 1.54) is 10.9 Å². The maximum absolute atomic E-state index is 12.4. The predicted molar refractivity (Wildman–Crippen MR) is 103 cm³/mol. The number of para-hydroxylation sites is 1. The van der Waals surface area contributed by atoms with E-state index in [1.54, 1.807) is 12.1 Å². The van der Waals surface area contributed by atoms with E-state index >= 15 is 0 Å². The molecular formula is C21H22N2O4. The van der Waals surface area contributed by atoms with E-state index in [9.17, 15) is 9.59 Å². The van der Waals surface area contributed by atoms with Crippen molar-refractivity contribution in [1.29, 1.82) is 0 Å². The molecule has 0 saturated heterocycles. The molecule has 6 heteroatoms. The van der Waals surface area contributed by atoms with Gasteiger partial charge >= 0.3 is 5.97 Å². The first-order chi connectivity index (χ1) is 13.0. The van der Waals surface area contributed by atoms with Crippen molar-refractivity contribution in [2.75, 3.05) is 13.2 Å². The monoisotopic (exact) mass is 366 g/mol. The molecule has 0 aliphatic rings. The minimum atomic E-state index is -0.432. The Balaban J connectivity index is 1.45.